The van der Waals surface area contributed by atoms with Crippen molar-refractivity contribution in [3.63, 3.8) is 0 Å². The van der Waals surface area contributed by atoms with Crippen LogP contribution in [0.2, 0.25) is 0 Å². The molecule has 1 N–H and O–H groups in total. The Bertz CT molecular complexity index is 819. The van der Waals surface area contributed by atoms with E-state index in [-0.39, 0.29) is 11.5 Å². The van der Waals surface area contributed by atoms with E-state index in [1.807, 2.05) is 12.1 Å². The normalized spacial score (nSPS) is 16.0. The molecule has 0 unspecified atom stereocenters. The number of benzene rings is 2. The van der Waals surface area contributed by atoms with Crippen LogP contribution in [0.1, 0.15) is 5.56 Å². The maximum absolute atomic E-state index is 12.5. The number of hydrogen-bond donors (Lipinski definition) is 1. The standard InChI is InChI=1S/C17H19FN2O4S/c18-25(22,23)24-17-6-4-14(5-7-17)13-19-8-10-20(11-9-19)15-2-1-3-16(21)12-15/h1-7,12,21H,8-11,13H2. The topological polar surface area (TPSA) is 70.1 Å². The second-order valence-corrected chi connectivity index (χ2v) is 6.86. The van der Waals surface area contributed by atoms with Gasteiger partial charge in [-0.15, -0.1) is 0 Å². The van der Waals surface area contributed by atoms with Crippen LogP contribution in [0.15, 0.2) is 48.5 Å². The third-order valence-corrected chi connectivity index (χ3v) is 4.48. The summed E-state index contributed by atoms with van der Waals surface area (Å²) in [5.74, 6) is 0.220. The van der Waals surface area contributed by atoms with E-state index in [2.05, 4.69) is 14.0 Å². The van der Waals surface area contributed by atoms with Crippen LogP contribution in [0.5, 0.6) is 11.5 Å². The van der Waals surface area contributed by atoms with Gasteiger partial charge in [0, 0.05) is 44.5 Å². The Morgan fingerprint density at radius 1 is 1.04 bits per heavy atom. The molecule has 1 fully saturated rings. The molecule has 2 aromatic carbocycles. The van der Waals surface area contributed by atoms with E-state index in [4.69, 9.17) is 0 Å². The minimum absolute atomic E-state index is 0.0417. The quantitative estimate of drug-likeness (QED) is 0.819. The Hall–Kier alpha value is -2.32. The van der Waals surface area contributed by atoms with Crippen molar-refractivity contribution in [3.8, 4) is 11.5 Å². The largest absolute Gasteiger partial charge is 0.508 e. The highest BCUT2D eigenvalue weighted by molar-refractivity contribution is 7.81. The molecule has 6 nitrogen and oxygen atoms in total. The van der Waals surface area contributed by atoms with E-state index in [1.54, 1.807) is 24.3 Å². The highest BCUT2D eigenvalue weighted by atomic mass is 32.3. The first-order chi connectivity index (χ1) is 11.9. The molecule has 1 aliphatic heterocycles. The lowest BCUT2D eigenvalue weighted by Crippen LogP contribution is -2.45. The monoisotopic (exact) mass is 366 g/mol. The summed E-state index contributed by atoms with van der Waals surface area (Å²) < 4.78 is 37.6. The Balaban J connectivity index is 1.54. The first-order valence-corrected chi connectivity index (χ1v) is 9.19. The van der Waals surface area contributed by atoms with Gasteiger partial charge in [-0.2, -0.15) is 8.42 Å². The fourth-order valence-electron chi connectivity index (χ4n) is 2.88. The zero-order valence-corrected chi connectivity index (χ0v) is 14.3. The molecule has 2 aromatic rings. The Kier molecular flexibility index (Phi) is 5.10. The highest BCUT2D eigenvalue weighted by Gasteiger charge is 2.18. The number of piperazine rings is 1. The van der Waals surface area contributed by atoms with Gasteiger partial charge in [0.15, 0.2) is 0 Å². The SMILES string of the molecule is O=S(=O)(F)Oc1ccc(CN2CCN(c3cccc(O)c3)CC2)cc1. The van der Waals surface area contributed by atoms with Crippen LogP contribution in [0.3, 0.4) is 0 Å². The van der Waals surface area contributed by atoms with E-state index in [0.717, 1.165) is 44.0 Å². The fraction of sp³-hybridized carbons (Fsp3) is 0.294. The number of anilines is 1. The average Bonchev–Trinajstić information content (AvgIpc) is 2.56. The van der Waals surface area contributed by atoms with Crippen LogP contribution in [0.25, 0.3) is 0 Å². The van der Waals surface area contributed by atoms with Gasteiger partial charge in [0.25, 0.3) is 0 Å². The number of rotatable bonds is 5. The van der Waals surface area contributed by atoms with Crippen molar-refractivity contribution >= 4 is 16.2 Å². The smallest absolute Gasteiger partial charge is 0.488 e. The lowest BCUT2D eigenvalue weighted by molar-refractivity contribution is 0.250. The minimum Gasteiger partial charge on any atom is -0.508 e. The highest BCUT2D eigenvalue weighted by Crippen LogP contribution is 2.22. The molecule has 0 atom stereocenters. The number of nitrogens with zero attached hydrogens (tertiary/aromatic N) is 2. The second-order valence-electron chi connectivity index (χ2n) is 5.90. The van der Waals surface area contributed by atoms with E-state index in [1.165, 1.54) is 12.1 Å². The molecule has 1 saturated heterocycles. The van der Waals surface area contributed by atoms with Crippen LogP contribution in [0.4, 0.5) is 9.57 Å². The number of hydrogen-bond acceptors (Lipinski definition) is 6. The van der Waals surface area contributed by atoms with Gasteiger partial charge in [0.05, 0.1) is 0 Å². The summed E-state index contributed by atoms with van der Waals surface area (Å²) in [4.78, 5) is 4.50. The number of phenolic OH excluding ortho intramolecular Hbond substituents is 1. The Labute approximate surface area is 146 Å². The summed E-state index contributed by atoms with van der Waals surface area (Å²) in [5, 5.41) is 9.58. The summed E-state index contributed by atoms with van der Waals surface area (Å²) in [5.41, 5.74) is 2.00. The first-order valence-electron chi connectivity index (χ1n) is 7.88. The van der Waals surface area contributed by atoms with Crippen molar-refractivity contribution in [2.24, 2.45) is 0 Å². The lowest BCUT2D eigenvalue weighted by Gasteiger charge is -2.36. The van der Waals surface area contributed by atoms with Crippen molar-refractivity contribution in [3.05, 3.63) is 54.1 Å². The van der Waals surface area contributed by atoms with Crippen LogP contribution >= 0.6 is 0 Å². The van der Waals surface area contributed by atoms with Crippen LogP contribution in [0, 0.1) is 0 Å². The average molecular weight is 366 g/mol. The van der Waals surface area contributed by atoms with E-state index < -0.39 is 10.5 Å². The molecule has 1 heterocycles. The molecule has 0 aromatic heterocycles. The van der Waals surface area contributed by atoms with Gasteiger partial charge in [-0.3, -0.25) is 4.90 Å². The molecule has 0 spiro atoms. The molecule has 0 saturated carbocycles. The molecule has 0 amide bonds. The zero-order chi connectivity index (χ0) is 17.9. The Morgan fingerprint density at radius 2 is 1.72 bits per heavy atom. The summed E-state index contributed by atoms with van der Waals surface area (Å²) >= 11 is 0. The van der Waals surface area contributed by atoms with Crippen LogP contribution in [-0.2, 0) is 17.0 Å². The molecule has 0 bridgehead atoms. The van der Waals surface area contributed by atoms with Gasteiger partial charge in [-0.1, -0.05) is 22.1 Å². The van der Waals surface area contributed by atoms with Crippen molar-refractivity contribution < 1.29 is 21.6 Å². The molecular weight excluding hydrogens is 347 g/mol. The van der Waals surface area contributed by atoms with Crippen molar-refractivity contribution in [1.82, 2.24) is 4.90 Å². The number of aromatic hydroxyl groups is 1. The van der Waals surface area contributed by atoms with Gasteiger partial charge in [0.1, 0.15) is 11.5 Å². The predicted octanol–water partition coefficient (Wildman–Crippen LogP) is 2.31. The number of phenols is 1. The van der Waals surface area contributed by atoms with Crippen molar-refractivity contribution in [2.45, 2.75) is 6.54 Å². The molecule has 25 heavy (non-hydrogen) atoms. The zero-order valence-electron chi connectivity index (χ0n) is 13.5. The van der Waals surface area contributed by atoms with E-state index >= 15 is 0 Å². The second kappa shape index (κ2) is 7.28. The lowest BCUT2D eigenvalue weighted by atomic mass is 10.2. The third-order valence-electron chi connectivity index (χ3n) is 4.09. The van der Waals surface area contributed by atoms with Gasteiger partial charge >= 0.3 is 10.5 Å². The van der Waals surface area contributed by atoms with Gasteiger partial charge in [-0.05, 0) is 29.8 Å². The van der Waals surface area contributed by atoms with Gasteiger partial charge in [-0.25, -0.2) is 0 Å². The molecule has 0 radical (unpaired) electrons. The predicted molar refractivity (Wildman–Crippen MR) is 92.7 cm³/mol. The van der Waals surface area contributed by atoms with Gasteiger partial charge < -0.3 is 14.2 Å². The van der Waals surface area contributed by atoms with E-state index in [9.17, 15) is 17.4 Å². The molecule has 3 rings (SSSR count). The maximum Gasteiger partial charge on any atom is 0.488 e. The fourth-order valence-corrected chi connectivity index (χ4v) is 3.22. The summed E-state index contributed by atoms with van der Waals surface area (Å²) in [6, 6.07) is 13.6. The van der Waals surface area contributed by atoms with Gasteiger partial charge in [0.2, 0.25) is 0 Å². The third kappa shape index (κ3) is 5.07. The molecular formula is C17H19FN2O4S. The molecule has 134 valence electrons. The Morgan fingerprint density at radius 3 is 2.32 bits per heavy atom. The number of halogens is 1. The molecule has 1 aliphatic rings. The minimum atomic E-state index is -4.99. The summed E-state index contributed by atoms with van der Waals surface area (Å²) in [7, 11) is -4.99. The summed E-state index contributed by atoms with van der Waals surface area (Å²) in [6.07, 6.45) is 0. The molecule has 0 aliphatic carbocycles. The van der Waals surface area contributed by atoms with Crippen molar-refractivity contribution in [1.29, 1.82) is 0 Å². The van der Waals surface area contributed by atoms with Crippen molar-refractivity contribution in [2.75, 3.05) is 31.1 Å². The van der Waals surface area contributed by atoms with Crippen LogP contribution < -0.4 is 9.08 Å². The van der Waals surface area contributed by atoms with E-state index in [0.29, 0.717) is 0 Å². The maximum atomic E-state index is 12.5. The summed E-state index contributed by atoms with van der Waals surface area (Å²) in [6.45, 7) is 4.16. The molecule has 8 heteroatoms. The first kappa shape index (κ1) is 17.5. The van der Waals surface area contributed by atoms with Crippen LogP contribution in [-0.4, -0.2) is 44.6 Å².